The van der Waals surface area contributed by atoms with Crippen LogP contribution in [-0.2, 0) is 9.53 Å². The minimum atomic E-state index is -0.967. The topological polar surface area (TPSA) is 107 Å². The lowest BCUT2D eigenvalue weighted by Crippen LogP contribution is -2.48. The quantitative estimate of drug-likeness (QED) is 0.389. The highest BCUT2D eigenvalue weighted by atomic mass is 35.5. The monoisotopic (exact) mass is 506 g/mol. The maximum atomic E-state index is 13.2. The molecule has 8 nitrogen and oxygen atoms in total. The number of halogens is 1. The Balaban J connectivity index is 2.20. The first-order valence-electron chi connectivity index (χ1n) is 11.8. The zero-order chi connectivity index (χ0) is 26.1. The minimum Gasteiger partial charge on any atom is -0.503 e. The number of nitrogens with one attached hydrogen (secondary N) is 1. The summed E-state index contributed by atoms with van der Waals surface area (Å²) in [5.74, 6) is -1.18. The first-order valence-corrected chi connectivity index (χ1v) is 12.2. The molecule has 1 heterocycles. The van der Waals surface area contributed by atoms with Crippen LogP contribution in [0.2, 0.25) is 5.02 Å². The van der Waals surface area contributed by atoms with Gasteiger partial charge in [0, 0.05) is 17.3 Å². The standard InChI is InChI=1S/C26H35ClN2O6/c1-7-17(8-2)24(35-19-11-9-10-18(27)14-19)16(5)34-26(32)21(15(3)4)29-25(31)22-23(30)20(33-6)12-13-28-22/h9-17,21,24,30H,7-8H2,1-6H3,(H,29,31)/t16-,21-,24-/m0/s1. The normalized spacial score (nSPS) is 13.7. The molecule has 0 saturated heterocycles. The molecule has 0 fully saturated rings. The smallest absolute Gasteiger partial charge is 0.329 e. The SMILES string of the molecule is CCC(CC)[C@@H](Oc1cccc(Cl)c1)[C@H](C)OC(=O)[C@@H](NC(=O)c1nccc(OC)c1O)C(C)C. The highest BCUT2D eigenvalue weighted by Crippen LogP contribution is 2.28. The van der Waals surface area contributed by atoms with Crippen molar-refractivity contribution in [2.45, 2.75) is 65.7 Å². The van der Waals surface area contributed by atoms with Crippen molar-refractivity contribution in [2.75, 3.05) is 7.11 Å². The maximum absolute atomic E-state index is 13.2. The van der Waals surface area contributed by atoms with Crippen LogP contribution >= 0.6 is 11.6 Å². The van der Waals surface area contributed by atoms with Crippen molar-refractivity contribution in [1.29, 1.82) is 0 Å². The van der Waals surface area contributed by atoms with Crippen LogP contribution in [0, 0.1) is 11.8 Å². The van der Waals surface area contributed by atoms with E-state index in [0.29, 0.717) is 10.8 Å². The van der Waals surface area contributed by atoms with Gasteiger partial charge in [0.1, 0.15) is 24.0 Å². The Morgan fingerprint density at radius 3 is 2.40 bits per heavy atom. The Morgan fingerprint density at radius 1 is 1.14 bits per heavy atom. The van der Waals surface area contributed by atoms with E-state index in [0.717, 1.165) is 12.8 Å². The lowest BCUT2D eigenvalue weighted by molar-refractivity contribution is -0.158. The van der Waals surface area contributed by atoms with Crippen molar-refractivity contribution in [3.05, 3.63) is 47.2 Å². The van der Waals surface area contributed by atoms with Crippen molar-refractivity contribution in [3.8, 4) is 17.2 Å². The number of esters is 1. The number of carbonyl (C=O) groups is 2. The number of rotatable bonds is 12. The molecule has 1 aromatic heterocycles. The zero-order valence-electron chi connectivity index (χ0n) is 21.1. The van der Waals surface area contributed by atoms with Gasteiger partial charge < -0.3 is 24.6 Å². The second kappa shape index (κ2) is 13.2. The van der Waals surface area contributed by atoms with Gasteiger partial charge in [0.2, 0.25) is 0 Å². The van der Waals surface area contributed by atoms with Crippen molar-refractivity contribution in [1.82, 2.24) is 10.3 Å². The third-order valence-corrected chi connectivity index (χ3v) is 6.11. The maximum Gasteiger partial charge on any atom is 0.329 e. The van der Waals surface area contributed by atoms with Crippen LogP contribution in [0.3, 0.4) is 0 Å². The number of aromatic hydroxyl groups is 1. The van der Waals surface area contributed by atoms with E-state index in [1.165, 1.54) is 19.4 Å². The van der Waals surface area contributed by atoms with Crippen LogP contribution < -0.4 is 14.8 Å². The second-order valence-electron chi connectivity index (χ2n) is 8.66. The Hall–Kier alpha value is -3.00. The van der Waals surface area contributed by atoms with Crippen LogP contribution in [0.1, 0.15) is 57.9 Å². The Morgan fingerprint density at radius 2 is 1.83 bits per heavy atom. The van der Waals surface area contributed by atoms with Gasteiger partial charge in [-0.1, -0.05) is 45.4 Å². The average molecular weight is 507 g/mol. The minimum absolute atomic E-state index is 0.105. The highest BCUT2D eigenvalue weighted by molar-refractivity contribution is 6.30. The van der Waals surface area contributed by atoms with Crippen LogP contribution in [-0.4, -0.2) is 47.3 Å². The van der Waals surface area contributed by atoms with E-state index in [4.69, 9.17) is 25.8 Å². The Bertz CT molecular complexity index is 996. The highest BCUT2D eigenvalue weighted by Gasteiger charge is 2.34. The number of amides is 1. The van der Waals surface area contributed by atoms with E-state index in [2.05, 4.69) is 24.1 Å². The summed E-state index contributed by atoms with van der Waals surface area (Å²) in [5, 5.41) is 13.4. The lowest BCUT2D eigenvalue weighted by atomic mass is 9.93. The van der Waals surface area contributed by atoms with Gasteiger partial charge in [0.15, 0.2) is 17.2 Å². The van der Waals surface area contributed by atoms with E-state index in [-0.39, 0.29) is 23.3 Å². The molecule has 0 aliphatic heterocycles. The van der Waals surface area contributed by atoms with E-state index in [9.17, 15) is 14.7 Å². The molecule has 35 heavy (non-hydrogen) atoms. The van der Waals surface area contributed by atoms with Crippen LogP contribution in [0.15, 0.2) is 36.5 Å². The largest absolute Gasteiger partial charge is 0.503 e. The molecule has 0 unspecified atom stereocenters. The Labute approximate surface area is 211 Å². The van der Waals surface area contributed by atoms with E-state index >= 15 is 0 Å². The molecule has 9 heteroatoms. The van der Waals surface area contributed by atoms with Crippen LogP contribution in [0.5, 0.6) is 17.2 Å². The molecule has 192 valence electrons. The molecule has 1 amide bonds. The summed E-state index contributed by atoms with van der Waals surface area (Å²) < 4.78 is 17.1. The van der Waals surface area contributed by atoms with Gasteiger partial charge in [-0.05, 0) is 49.8 Å². The molecule has 2 rings (SSSR count). The average Bonchev–Trinajstić information content (AvgIpc) is 2.82. The van der Waals surface area contributed by atoms with Gasteiger partial charge in [-0.25, -0.2) is 9.78 Å². The first kappa shape index (κ1) is 28.2. The molecule has 3 atom stereocenters. The van der Waals surface area contributed by atoms with E-state index in [1.807, 2.05) is 0 Å². The molecule has 0 bridgehead atoms. The summed E-state index contributed by atoms with van der Waals surface area (Å²) in [5.41, 5.74) is -0.241. The summed E-state index contributed by atoms with van der Waals surface area (Å²) in [6, 6.07) is 7.54. The summed E-state index contributed by atoms with van der Waals surface area (Å²) in [7, 11) is 1.37. The number of nitrogens with zero attached hydrogens (tertiary/aromatic N) is 1. The molecule has 0 saturated carbocycles. The van der Waals surface area contributed by atoms with Gasteiger partial charge in [0.05, 0.1) is 7.11 Å². The molecule has 0 spiro atoms. The number of carbonyl (C=O) groups excluding carboxylic acids is 2. The number of pyridine rings is 1. The van der Waals surface area contributed by atoms with Crippen LogP contribution in [0.4, 0.5) is 0 Å². The molecular weight excluding hydrogens is 472 g/mol. The Kier molecular flexibility index (Phi) is 10.6. The molecule has 0 aliphatic rings. The van der Waals surface area contributed by atoms with E-state index in [1.54, 1.807) is 45.0 Å². The van der Waals surface area contributed by atoms with Gasteiger partial charge in [0.25, 0.3) is 5.91 Å². The molecule has 1 aromatic carbocycles. The summed E-state index contributed by atoms with van der Waals surface area (Å²) in [6.07, 6.45) is 1.97. The van der Waals surface area contributed by atoms with Gasteiger partial charge >= 0.3 is 5.97 Å². The number of aromatic nitrogens is 1. The van der Waals surface area contributed by atoms with Gasteiger partial charge in [-0.3, -0.25) is 4.79 Å². The molecule has 0 radical (unpaired) electrons. The summed E-state index contributed by atoms with van der Waals surface area (Å²) >= 11 is 6.11. The predicted molar refractivity (Wildman–Crippen MR) is 134 cm³/mol. The third-order valence-electron chi connectivity index (χ3n) is 5.88. The fourth-order valence-corrected chi connectivity index (χ4v) is 4.00. The second-order valence-corrected chi connectivity index (χ2v) is 9.10. The van der Waals surface area contributed by atoms with Crippen molar-refractivity contribution < 1.29 is 28.9 Å². The number of benzene rings is 1. The molecular formula is C26H35ClN2O6. The first-order chi connectivity index (χ1) is 16.6. The van der Waals surface area contributed by atoms with Gasteiger partial charge in [-0.15, -0.1) is 0 Å². The number of methoxy groups -OCH3 is 1. The van der Waals surface area contributed by atoms with Crippen molar-refractivity contribution in [3.63, 3.8) is 0 Å². The molecule has 0 aliphatic carbocycles. The van der Waals surface area contributed by atoms with Gasteiger partial charge in [-0.2, -0.15) is 0 Å². The summed E-state index contributed by atoms with van der Waals surface area (Å²) in [4.78, 5) is 29.9. The van der Waals surface area contributed by atoms with Crippen molar-refractivity contribution >= 4 is 23.5 Å². The van der Waals surface area contributed by atoms with E-state index < -0.39 is 35.9 Å². The summed E-state index contributed by atoms with van der Waals surface area (Å²) in [6.45, 7) is 9.47. The lowest BCUT2D eigenvalue weighted by Gasteiger charge is -2.32. The predicted octanol–water partition coefficient (Wildman–Crippen LogP) is 5.02. The number of hydrogen-bond acceptors (Lipinski definition) is 7. The molecule has 2 N–H and O–H groups in total. The number of ether oxygens (including phenoxy) is 3. The van der Waals surface area contributed by atoms with Crippen molar-refractivity contribution in [2.24, 2.45) is 11.8 Å². The zero-order valence-corrected chi connectivity index (χ0v) is 21.8. The third kappa shape index (κ3) is 7.49. The fourth-order valence-electron chi connectivity index (χ4n) is 3.82. The number of hydrogen-bond donors (Lipinski definition) is 2. The molecule has 2 aromatic rings. The fraction of sp³-hybridized carbons (Fsp3) is 0.500. The van der Waals surface area contributed by atoms with Crippen LogP contribution in [0.25, 0.3) is 0 Å².